The SMILES string of the molecule is CC(O)(C#Cc1ccc(S(=O)(=O)c2ccccc2)cc1)C(F)(F)F. The van der Waals surface area contributed by atoms with E-state index in [1.54, 1.807) is 24.1 Å². The van der Waals surface area contributed by atoms with Crippen molar-refractivity contribution in [3.63, 3.8) is 0 Å². The Kier molecular flexibility index (Phi) is 4.74. The molecule has 0 saturated heterocycles. The van der Waals surface area contributed by atoms with Gasteiger partial charge in [-0.05, 0) is 43.3 Å². The van der Waals surface area contributed by atoms with Crippen molar-refractivity contribution in [1.29, 1.82) is 0 Å². The van der Waals surface area contributed by atoms with E-state index in [2.05, 4.69) is 5.92 Å². The van der Waals surface area contributed by atoms with Gasteiger partial charge in [0.1, 0.15) is 0 Å². The summed E-state index contributed by atoms with van der Waals surface area (Å²) in [6.45, 7) is 0.550. The number of alkyl halides is 3. The molecule has 2 aromatic carbocycles. The summed E-state index contributed by atoms with van der Waals surface area (Å²) in [5.41, 5.74) is -2.98. The summed E-state index contributed by atoms with van der Waals surface area (Å²) >= 11 is 0. The molecule has 3 nitrogen and oxygen atoms in total. The van der Waals surface area contributed by atoms with Gasteiger partial charge in [-0.15, -0.1) is 0 Å². The zero-order valence-corrected chi connectivity index (χ0v) is 13.3. The minimum atomic E-state index is -4.88. The smallest absolute Gasteiger partial charge is 0.370 e. The molecular weight excluding hydrogens is 341 g/mol. The highest BCUT2D eigenvalue weighted by atomic mass is 32.2. The van der Waals surface area contributed by atoms with Crippen LogP contribution < -0.4 is 0 Å². The second kappa shape index (κ2) is 6.30. The lowest BCUT2D eigenvalue weighted by molar-refractivity contribution is -0.228. The van der Waals surface area contributed by atoms with Crippen LogP contribution in [-0.4, -0.2) is 25.3 Å². The van der Waals surface area contributed by atoms with Crippen LogP contribution in [-0.2, 0) is 9.84 Å². The van der Waals surface area contributed by atoms with E-state index in [0.717, 1.165) is 0 Å². The average Bonchev–Trinajstić information content (AvgIpc) is 2.53. The van der Waals surface area contributed by atoms with Gasteiger partial charge in [0.2, 0.25) is 15.4 Å². The molecule has 0 amide bonds. The van der Waals surface area contributed by atoms with Crippen LogP contribution in [0.5, 0.6) is 0 Å². The molecule has 24 heavy (non-hydrogen) atoms. The molecule has 0 aliphatic heterocycles. The zero-order chi connectivity index (χ0) is 18.0. The Morgan fingerprint density at radius 3 is 1.92 bits per heavy atom. The standard InChI is InChI=1S/C17H13F3O3S/c1-16(21,17(18,19)20)12-11-13-7-9-15(10-8-13)24(22,23)14-5-3-2-4-6-14/h2-10,21H,1H3. The minimum Gasteiger partial charge on any atom is -0.370 e. The van der Waals surface area contributed by atoms with Crippen LogP contribution >= 0.6 is 0 Å². The van der Waals surface area contributed by atoms with Gasteiger partial charge in [-0.2, -0.15) is 13.2 Å². The Labute approximate surface area is 137 Å². The van der Waals surface area contributed by atoms with Gasteiger partial charge >= 0.3 is 6.18 Å². The van der Waals surface area contributed by atoms with E-state index >= 15 is 0 Å². The summed E-state index contributed by atoms with van der Waals surface area (Å²) in [7, 11) is -3.70. The van der Waals surface area contributed by atoms with Crippen LogP contribution in [0.4, 0.5) is 13.2 Å². The van der Waals surface area contributed by atoms with Gasteiger partial charge in [0.05, 0.1) is 9.79 Å². The highest BCUT2D eigenvalue weighted by molar-refractivity contribution is 7.91. The summed E-state index contributed by atoms with van der Waals surface area (Å²) in [5, 5.41) is 9.25. The monoisotopic (exact) mass is 354 g/mol. The van der Waals surface area contributed by atoms with Crippen LogP contribution in [0.1, 0.15) is 12.5 Å². The molecule has 0 aliphatic rings. The highest BCUT2D eigenvalue weighted by Gasteiger charge is 2.48. The molecule has 0 saturated carbocycles. The summed E-state index contributed by atoms with van der Waals surface area (Å²) in [5.74, 6) is 3.93. The molecule has 0 spiro atoms. The summed E-state index contributed by atoms with van der Waals surface area (Å²) in [6.07, 6.45) is -4.88. The first-order valence-corrected chi connectivity index (χ1v) is 8.25. The van der Waals surface area contributed by atoms with Crippen molar-refractivity contribution in [2.24, 2.45) is 0 Å². The summed E-state index contributed by atoms with van der Waals surface area (Å²) in [4.78, 5) is 0.116. The van der Waals surface area contributed by atoms with Gasteiger partial charge in [0, 0.05) is 5.56 Å². The molecule has 0 fully saturated rings. The lowest BCUT2D eigenvalue weighted by Crippen LogP contribution is -2.40. The van der Waals surface area contributed by atoms with Crippen LogP contribution in [0.3, 0.4) is 0 Å². The molecule has 0 aromatic heterocycles. The predicted octanol–water partition coefficient (Wildman–Crippen LogP) is 3.18. The summed E-state index contributed by atoms with van der Waals surface area (Å²) < 4.78 is 62.3. The maximum atomic E-state index is 12.5. The van der Waals surface area contributed by atoms with E-state index in [1.165, 1.54) is 36.4 Å². The first-order chi connectivity index (χ1) is 11.0. The molecule has 0 bridgehead atoms. The second-order valence-electron chi connectivity index (χ2n) is 5.16. The predicted molar refractivity (Wildman–Crippen MR) is 81.9 cm³/mol. The second-order valence-corrected chi connectivity index (χ2v) is 7.11. The highest BCUT2D eigenvalue weighted by Crippen LogP contribution is 2.29. The molecule has 1 unspecified atom stereocenters. The number of aliphatic hydroxyl groups is 1. The Hall–Kier alpha value is -2.30. The number of rotatable bonds is 2. The molecule has 1 N–H and O–H groups in total. The third-order valence-corrected chi connectivity index (χ3v) is 5.01. The summed E-state index contributed by atoms with van der Waals surface area (Å²) in [6, 6.07) is 12.9. The van der Waals surface area contributed by atoms with E-state index in [9.17, 15) is 26.7 Å². The maximum Gasteiger partial charge on any atom is 0.428 e. The Bertz CT molecular complexity index is 873. The van der Waals surface area contributed by atoms with E-state index in [1.807, 2.05) is 0 Å². The third-order valence-electron chi connectivity index (χ3n) is 3.22. The van der Waals surface area contributed by atoms with Gasteiger partial charge in [0.15, 0.2) is 0 Å². The fraction of sp³-hybridized carbons (Fsp3) is 0.176. The molecule has 126 valence electrons. The minimum absolute atomic E-state index is 0.00170. The number of benzene rings is 2. The van der Waals surface area contributed by atoms with Crippen LogP contribution in [0.25, 0.3) is 0 Å². The first-order valence-electron chi connectivity index (χ1n) is 6.76. The molecule has 2 aromatic rings. The van der Waals surface area contributed by atoms with Crippen molar-refractivity contribution in [3.8, 4) is 11.8 Å². The third kappa shape index (κ3) is 3.78. The Morgan fingerprint density at radius 1 is 0.917 bits per heavy atom. The van der Waals surface area contributed by atoms with Crippen LogP contribution in [0, 0.1) is 11.8 Å². The zero-order valence-electron chi connectivity index (χ0n) is 12.5. The fourth-order valence-corrected chi connectivity index (χ4v) is 3.00. The Balaban J connectivity index is 2.30. The molecule has 0 radical (unpaired) electrons. The van der Waals surface area contributed by atoms with Crippen molar-refractivity contribution in [1.82, 2.24) is 0 Å². The van der Waals surface area contributed by atoms with Gasteiger partial charge in [-0.1, -0.05) is 30.0 Å². The molecule has 1 atom stereocenters. The fourth-order valence-electron chi connectivity index (χ4n) is 1.72. The topological polar surface area (TPSA) is 54.4 Å². The van der Waals surface area contributed by atoms with E-state index in [-0.39, 0.29) is 15.4 Å². The van der Waals surface area contributed by atoms with Crippen molar-refractivity contribution in [3.05, 3.63) is 60.2 Å². The number of sulfone groups is 1. The van der Waals surface area contributed by atoms with Gasteiger partial charge in [0.25, 0.3) is 0 Å². The molecule has 0 aliphatic carbocycles. The van der Waals surface area contributed by atoms with E-state index < -0.39 is 21.6 Å². The Morgan fingerprint density at radius 2 is 1.42 bits per heavy atom. The van der Waals surface area contributed by atoms with Crippen LogP contribution in [0.2, 0.25) is 0 Å². The number of hydrogen-bond donors (Lipinski definition) is 1. The van der Waals surface area contributed by atoms with Gasteiger partial charge < -0.3 is 5.11 Å². The van der Waals surface area contributed by atoms with E-state index in [4.69, 9.17) is 0 Å². The average molecular weight is 354 g/mol. The quantitative estimate of drug-likeness (QED) is 0.843. The lowest BCUT2D eigenvalue weighted by atomic mass is 10.1. The first kappa shape index (κ1) is 18.0. The van der Waals surface area contributed by atoms with Gasteiger partial charge in [-0.3, -0.25) is 0 Å². The van der Waals surface area contributed by atoms with E-state index in [0.29, 0.717) is 6.92 Å². The molecular formula is C17H13F3O3S. The maximum absolute atomic E-state index is 12.5. The van der Waals surface area contributed by atoms with Crippen molar-refractivity contribution in [2.45, 2.75) is 28.5 Å². The largest absolute Gasteiger partial charge is 0.428 e. The normalized spacial score (nSPS) is 14.4. The number of hydrogen-bond acceptors (Lipinski definition) is 3. The van der Waals surface area contributed by atoms with Crippen molar-refractivity contribution < 1.29 is 26.7 Å². The number of halogens is 3. The molecule has 2 rings (SSSR count). The van der Waals surface area contributed by atoms with Gasteiger partial charge in [-0.25, -0.2) is 8.42 Å². The molecule has 0 heterocycles. The lowest BCUT2D eigenvalue weighted by Gasteiger charge is -2.19. The molecule has 7 heteroatoms. The van der Waals surface area contributed by atoms with Crippen molar-refractivity contribution in [2.75, 3.05) is 0 Å². The van der Waals surface area contributed by atoms with Crippen molar-refractivity contribution >= 4 is 9.84 Å². The van der Waals surface area contributed by atoms with Crippen LogP contribution in [0.15, 0.2) is 64.4 Å².